The quantitative estimate of drug-likeness (QED) is 0.229. The fourth-order valence-corrected chi connectivity index (χ4v) is 4.84. The summed E-state index contributed by atoms with van der Waals surface area (Å²) in [5, 5.41) is 5.86. The molecule has 6 heteroatoms. The molecular weight excluding hydrogens is 441 g/mol. The van der Waals surface area contributed by atoms with Gasteiger partial charge in [-0.3, -0.25) is 0 Å². The molecule has 0 radical (unpaired) electrons. The van der Waals surface area contributed by atoms with E-state index in [2.05, 4.69) is 35.0 Å². The van der Waals surface area contributed by atoms with Crippen LogP contribution in [0.4, 0.5) is 0 Å². The van der Waals surface area contributed by atoms with Crippen molar-refractivity contribution in [1.29, 1.82) is 0 Å². The third-order valence-electron chi connectivity index (χ3n) is 6.09. The number of rotatable bonds is 8. The molecule has 0 unspecified atom stereocenters. The Hall–Kier alpha value is -2.40. The van der Waals surface area contributed by atoms with Crippen LogP contribution < -0.4 is 4.74 Å². The van der Waals surface area contributed by atoms with Crippen LogP contribution >= 0.6 is 23.2 Å². The van der Waals surface area contributed by atoms with Gasteiger partial charge in [-0.1, -0.05) is 36.0 Å². The second-order valence-electron chi connectivity index (χ2n) is 8.75. The highest BCUT2D eigenvalue weighted by atomic mass is 35.5. The van der Waals surface area contributed by atoms with Gasteiger partial charge >= 0.3 is 0 Å². The number of nitrogens with zero attached hydrogens (tertiary/aromatic N) is 1. The van der Waals surface area contributed by atoms with Gasteiger partial charge in [0.1, 0.15) is 0 Å². The van der Waals surface area contributed by atoms with Crippen LogP contribution in [-0.2, 0) is 0 Å². The normalized spacial score (nSPS) is 12.2. The number of H-pyrrole nitrogens is 2. The van der Waals surface area contributed by atoms with E-state index in [1.807, 2.05) is 36.4 Å². The molecule has 2 heterocycles. The van der Waals surface area contributed by atoms with Gasteiger partial charge in [0.2, 0.25) is 0 Å². The van der Waals surface area contributed by atoms with E-state index in [0.717, 1.165) is 78.8 Å². The second kappa shape index (κ2) is 8.86. The van der Waals surface area contributed by atoms with Crippen molar-refractivity contribution in [3.63, 3.8) is 0 Å². The molecule has 32 heavy (non-hydrogen) atoms. The lowest BCUT2D eigenvalue weighted by Gasteiger charge is -2.10. The van der Waals surface area contributed by atoms with Gasteiger partial charge in [-0.2, -0.15) is 0 Å². The summed E-state index contributed by atoms with van der Waals surface area (Å²) >= 11 is 12.6. The third-order valence-corrected chi connectivity index (χ3v) is 6.56. The van der Waals surface area contributed by atoms with Crippen LogP contribution in [0.3, 0.4) is 0 Å². The minimum atomic E-state index is 0.683. The fraction of sp³-hybridized carbons (Fsp3) is 0.308. The van der Waals surface area contributed by atoms with Crippen LogP contribution in [0, 0.1) is 0 Å². The lowest BCUT2D eigenvalue weighted by molar-refractivity contribution is 0.307. The molecule has 5 rings (SSSR count). The van der Waals surface area contributed by atoms with Crippen molar-refractivity contribution < 1.29 is 4.74 Å². The Morgan fingerprint density at radius 1 is 0.719 bits per heavy atom. The maximum atomic E-state index is 6.44. The Kier molecular flexibility index (Phi) is 5.93. The van der Waals surface area contributed by atoms with Crippen molar-refractivity contribution in [2.75, 3.05) is 27.2 Å². The summed E-state index contributed by atoms with van der Waals surface area (Å²) in [6.45, 7) is 1.82. The second-order valence-corrected chi connectivity index (χ2v) is 9.62. The van der Waals surface area contributed by atoms with Gasteiger partial charge in [-0.05, 0) is 75.9 Å². The molecule has 4 nitrogen and oxygen atoms in total. The monoisotopic (exact) mass is 467 g/mol. The SMILES string of the molecule is CN(C)CCCCCCOc1c2[nH]c3ccc(Cl)cc3c2cc2c1[nH]c1ccc(Cl)cc12. The molecule has 0 atom stereocenters. The third kappa shape index (κ3) is 4.03. The molecule has 0 aliphatic heterocycles. The van der Waals surface area contributed by atoms with Gasteiger partial charge in [0.25, 0.3) is 0 Å². The van der Waals surface area contributed by atoms with Crippen LogP contribution in [0.25, 0.3) is 43.6 Å². The Labute approximate surface area is 197 Å². The van der Waals surface area contributed by atoms with E-state index >= 15 is 0 Å². The molecule has 0 bridgehead atoms. The van der Waals surface area contributed by atoms with E-state index in [0.29, 0.717) is 6.61 Å². The number of hydrogen-bond donors (Lipinski definition) is 2. The van der Waals surface area contributed by atoms with E-state index in [-0.39, 0.29) is 0 Å². The molecule has 0 spiro atoms. The summed E-state index contributed by atoms with van der Waals surface area (Å²) in [7, 11) is 4.24. The van der Waals surface area contributed by atoms with Crippen LogP contribution in [0.1, 0.15) is 25.7 Å². The maximum Gasteiger partial charge on any atom is 0.167 e. The lowest BCUT2D eigenvalue weighted by atomic mass is 10.1. The summed E-state index contributed by atoms with van der Waals surface area (Å²) in [5.74, 6) is 0.866. The van der Waals surface area contributed by atoms with Gasteiger partial charge in [0.15, 0.2) is 5.75 Å². The summed E-state index contributed by atoms with van der Waals surface area (Å²) < 4.78 is 6.44. The van der Waals surface area contributed by atoms with Crippen LogP contribution in [-0.4, -0.2) is 42.1 Å². The van der Waals surface area contributed by atoms with E-state index in [1.165, 1.54) is 12.8 Å². The largest absolute Gasteiger partial charge is 0.489 e. The zero-order chi connectivity index (χ0) is 22.2. The molecule has 0 aliphatic carbocycles. The zero-order valence-corrected chi connectivity index (χ0v) is 19.9. The molecule has 3 aromatic carbocycles. The highest BCUT2D eigenvalue weighted by Gasteiger charge is 2.18. The number of halogens is 2. The standard InChI is InChI=1S/C26H27Cl2N3O/c1-31(2)11-5-3-4-6-12-32-26-24-20(18-13-16(27)7-9-22(18)29-24)15-21-19-14-17(28)8-10-23(19)30-25(21)26/h7-10,13-15,29-30H,3-6,11-12H2,1-2H3. The summed E-state index contributed by atoms with van der Waals surface area (Å²) in [6.07, 6.45) is 4.64. The first-order valence-corrected chi connectivity index (χ1v) is 11.9. The number of nitrogens with one attached hydrogen (secondary N) is 2. The molecule has 0 saturated heterocycles. The number of fused-ring (bicyclic) bond motifs is 6. The van der Waals surface area contributed by atoms with Gasteiger partial charge in [-0.15, -0.1) is 0 Å². The summed E-state index contributed by atoms with van der Waals surface area (Å²) in [6, 6.07) is 14.1. The first-order chi connectivity index (χ1) is 15.5. The molecule has 2 N–H and O–H groups in total. The van der Waals surface area contributed by atoms with Crippen molar-refractivity contribution in [3.05, 3.63) is 52.5 Å². The zero-order valence-electron chi connectivity index (χ0n) is 18.4. The number of ether oxygens (including phenoxy) is 1. The van der Waals surface area contributed by atoms with Crippen molar-refractivity contribution >= 4 is 66.8 Å². The predicted molar refractivity (Wildman–Crippen MR) is 138 cm³/mol. The Bertz CT molecular complexity index is 1320. The van der Waals surface area contributed by atoms with Gasteiger partial charge in [0, 0.05) is 42.6 Å². The molecule has 0 fully saturated rings. The molecule has 0 aliphatic rings. The van der Waals surface area contributed by atoms with E-state index < -0.39 is 0 Å². The summed E-state index contributed by atoms with van der Waals surface area (Å²) in [4.78, 5) is 9.35. The Morgan fingerprint density at radius 3 is 1.84 bits per heavy atom. The first kappa shape index (κ1) is 21.4. The molecule has 0 amide bonds. The average molecular weight is 468 g/mol. The Balaban J connectivity index is 1.55. The molecule has 2 aromatic heterocycles. The van der Waals surface area contributed by atoms with Crippen molar-refractivity contribution in [3.8, 4) is 5.75 Å². The number of aromatic nitrogens is 2. The van der Waals surface area contributed by atoms with Crippen LogP contribution in [0.15, 0.2) is 42.5 Å². The lowest BCUT2D eigenvalue weighted by Crippen LogP contribution is -2.12. The van der Waals surface area contributed by atoms with Crippen molar-refractivity contribution in [1.82, 2.24) is 14.9 Å². The fourth-order valence-electron chi connectivity index (χ4n) is 4.50. The first-order valence-electron chi connectivity index (χ1n) is 11.1. The highest BCUT2D eigenvalue weighted by molar-refractivity contribution is 6.33. The van der Waals surface area contributed by atoms with Crippen molar-refractivity contribution in [2.24, 2.45) is 0 Å². The van der Waals surface area contributed by atoms with Gasteiger partial charge < -0.3 is 19.6 Å². The van der Waals surface area contributed by atoms with E-state index in [4.69, 9.17) is 27.9 Å². The number of hydrogen-bond acceptors (Lipinski definition) is 2. The smallest absolute Gasteiger partial charge is 0.167 e. The molecule has 166 valence electrons. The molecule has 0 saturated carbocycles. The van der Waals surface area contributed by atoms with Crippen molar-refractivity contribution in [2.45, 2.75) is 25.7 Å². The number of unbranched alkanes of at least 4 members (excludes halogenated alkanes) is 3. The van der Waals surface area contributed by atoms with E-state index in [1.54, 1.807) is 0 Å². The molecule has 5 aromatic rings. The van der Waals surface area contributed by atoms with Crippen LogP contribution in [0.2, 0.25) is 10.0 Å². The number of aromatic amines is 2. The average Bonchev–Trinajstić information content (AvgIpc) is 3.30. The van der Waals surface area contributed by atoms with E-state index in [9.17, 15) is 0 Å². The van der Waals surface area contributed by atoms with Gasteiger partial charge in [0.05, 0.1) is 17.6 Å². The Morgan fingerprint density at radius 2 is 1.28 bits per heavy atom. The predicted octanol–water partition coefficient (Wildman–Crippen LogP) is 7.76. The maximum absolute atomic E-state index is 6.44. The minimum Gasteiger partial charge on any atom is -0.489 e. The number of benzene rings is 3. The van der Waals surface area contributed by atoms with Gasteiger partial charge in [-0.25, -0.2) is 0 Å². The minimum absolute atomic E-state index is 0.683. The topological polar surface area (TPSA) is 44.0 Å². The molecular formula is C26H27Cl2N3O. The van der Waals surface area contributed by atoms with Crippen LogP contribution in [0.5, 0.6) is 5.75 Å². The highest BCUT2D eigenvalue weighted by Crippen LogP contribution is 2.41. The summed E-state index contributed by atoms with van der Waals surface area (Å²) in [5.41, 5.74) is 4.10.